The molecular weight excluding hydrogens is 297 g/mol. The molecule has 3 rings (SSSR count). The number of aromatic nitrogens is 1. The summed E-state index contributed by atoms with van der Waals surface area (Å²) in [6.07, 6.45) is 3.75. The van der Waals surface area contributed by atoms with E-state index in [1.165, 1.54) is 25.8 Å². The summed E-state index contributed by atoms with van der Waals surface area (Å²) in [7, 11) is 1.78. The summed E-state index contributed by atoms with van der Waals surface area (Å²) in [5.41, 5.74) is 0.573. The summed E-state index contributed by atoms with van der Waals surface area (Å²) < 4.78 is 1.67. The second-order valence-corrected chi connectivity index (χ2v) is 6.43. The molecule has 1 aromatic rings. The minimum atomic E-state index is 0.0338. The van der Waals surface area contributed by atoms with Gasteiger partial charge in [0.25, 0.3) is 5.91 Å². The molecule has 0 spiro atoms. The molecule has 0 N–H and O–H groups in total. The van der Waals surface area contributed by atoms with Crippen molar-refractivity contribution in [3.05, 3.63) is 21.9 Å². The lowest BCUT2D eigenvalue weighted by Crippen LogP contribution is -2.56. The van der Waals surface area contributed by atoms with E-state index in [2.05, 4.69) is 4.90 Å². The Morgan fingerprint density at radius 1 is 1.25 bits per heavy atom. The molecule has 0 bridgehead atoms. The molecule has 0 saturated carbocycles. The standard InChI is InChI=1S/C14H19Cl2N3O/c1-17-12(8-11(15)13(17)16)14(20)19-7-6-18-5-3-2-4-10(18)9-19/h8,10H,2-7,9H2,1H3. The topological polar surface area (TPSA) is 28.5 Å². The first-order chi connectivity index (χ1) is 9.58. The number of halogens is 2. The maximum Gasteiger partial charge on any atom is 0.270 e. The van der Waals surface area contributed by atoms with Gasteiger partial charge in [0.05, 0.1) is 5.02 Å². The summed E-state index contributed by atoms with van der Waals surface area (Å²) in [6.45, 7) is 3.76. The summed E-state index contributed by atoms with van der Waals surface area (Å²) in [5, 5.41) is 0.861. The van der Waals surface area contributed by atoms with Crippen LogP contribution in [0.4, 0.5) is 0 Å². The third-order valence-electron chi connectivity index (χ3n) is 4.46. The van der Waals surface area contributed by atoms with Crippen molar-refractivity contribution in [2.75, 3.05) is 26.2 Å². The average Bonchev–Trinajstić information content (AvgIpc) is 2.73. The number of amides is 1. The Balaban J connectivity index is 1.76. The van der Waals surface area contributed by atoms with Crippen molar-refractivity contribution in [2.24, 2.45) is 7.05 Å². The van der Waals surface area contributed by atoms with E-state index in [-0.39, 0.29) is 5.91 Å². The van der Waals surface area contributed by atoms with Crippen LogP contribution in [0.2, 0.25) is 10.2 Å². The van der Waals surface area contributed by atoms with Crippen LogP contribution in [0.5, 0.6) is 0 Å². The molecule has 6 heteroatoms. The molecular formula is C14H19Cl2N3O. The van der Waals surface area contributed by atoms with Gasteiger partial charge >= 0.3 is 0 Å². The fourth-order valence-electron chi connectivity index (χ4n) is 3.25. The van der Waals surface area contributed by atoms with E-state index in [1.54, 1.807) is 17.7 Å². The van der Waals surface area contributed by atoms with Crippen molar-refractivity contribution in [3.63, 3.8) is 0 Å². The van der Waals surface area contributed by atoms with Gasteiger partial charge in [-0.15, -0.1) is 0 Å². The first-order valence-corrected chi connectivity index (χ1v) is 7.87. The number of hydrogen-bond acceptors (Lipinski definition) is 2. The fraction of sp³-hybridized carbons (Fsp3) is 0.643. The van der Waals surface area contributed by atoms with Gasteiger partial charge in [0.2, 0.25) is 0 Å². The number of hydrogen-bond donors (Lipinski definition) is 0. The van der Waals surface area contributed by atoms with E-state index in [0.717, 1.165) is 19.6 Å². The minimum Gasteiger partial charge on any atom is -0.335 e. The first-order valence-electron chi connectivity index (χ1n) is 7.12. The van der Waals surface area contributed by atoms with Crippen molar-refractivity contribution in [1.29, 1.82) is 0 Å². The van der Waals surface area contributed by atoms with Crippen LogP contribution in [0, 0.1) is 0 Å². The average molecular weight is 316 g/mol. The van der Waals surface area contributed by atoms with E-state index in [4.69, 9.17) is 23.2 Å². The maximum absolute atomic E-state index is 12.6. The van der Waals surface area contributed by atoms with Gasteiger partial charge in [-0.3, -0.25) is 9.69 Å². The molecule has 2 saturated heterocycles. The van der Waals surface area contributed by atoms with Crippen LogP contribution >= 0.6 is 23.2 Å². The Morgan fingerprint density at radius 3 is 2.75 bits per heavy atom. The molecule has 2 aliphatic rings. The lowest BCUT2D eigenvalue weighted by molar-refractivity contribution is 0.0365. The summed E-state index contributed by atoms with van der Waals surface area (Å²) in [4.78, 5) is 17.1. The molecule has 2 fully saturated rings. The predicted octanol–water partition coefficient (Wildman–Crippen LogP) is 2.64. The highest BCUT2D eigenvalue weighted by atomic mass is 35.5. The lowest BCUT2D eigenvalue weighted by Gasteiger charge is -2.44. The van der Waals surface area contributed by atoms with Gasteiger partial charge < -0.3 is 9.47 Å². The Labute approximate surface area is 129 Å². The van der Waals surface area contributed by atoms with Gasteiger partial charge in [-0.05, 0) is 25.5 Å². The Kier molecular flexibility index (Phi) is 3.98. The predicted molar refractivity (Wildman–Crippen MR) is 80.5 cm³/mol. The third kappa shape index (κ3) is 2.45. The van der Waals surface area contributed by atoms with Gasteiger partial charge in [-0.2, -0.15) is 0 Å². The molecule has 3 heterocycles. The monoisotopic (exact) mass is 315 g/mol. The van der Waals surface area contributed by atoms with Gasteiger partial charge in [-0.25, -0.2) is 0 Å². The number of carbonyl (C=O) groups is 1. The summed E-state index contributed by atoms with van der Waals surface area (Å²) in [5.74, 6) is 0.0338. The first kappa shape index (κ1) is 14.2. The quantitative estimate of drug-likeness (QED) is 0.797. The second-order valence-electron chi connectivity index (χ2n) is 5.66. The van der Waals surface area contributed by atoms with Crippen LogP contribution in [0.25, 0.3) is 0 Å². The van der Waals surface area contributed by atoms with Gasteiger partial charge in [0, 0.05) is 32.7 Å². The normalized spacial score (nSPS) is 23.8. The summed E-state index contributed by atoms with van der Waals surface area (Å²) >= 11 is 12.0. The molecule has 1 unspecified atom stereocenters. The number of piperidine rings is 1. The zero-order valence-corrected chi connectivity index (χ0v) is 13.1. The Bertz CT molecular complexity index is 529. The van der Waals surface area contributed by atoms with E-state index in [0.29, 0.717) is 21.9 Å². The van der Waals surface area contributed by atoms with Crippen molar-refractivity contribution in [2.45, 2.75) is 25.3 Å². The van der Waals surface area contributed by atoms with Crippen LogP contribution in [-0.4, -0.2) is 52.5 Å². The molecule has 0 aromatic carbocycles. The highest BCUT2D eigenvalue weighted by Crippen LogP contribution is 2.27. The molecule has 0 radical (unpaired) electrons. The van der Waals surface area contributed by atoms with Gasteiger partial charge in [-0.1, -0.05) is 29.6 Å². The number of fused-ring (bicyclic) bond motifs is 1. The summed E-state index contributed by atoms with van der Waals surface area (Å²) in [6, 6.07) is 2.19. The highest BCUT2D eigenvalue weighted by molar-refractivity contribution is 6.41. The molecule has 1 amide bonds. The fourth-order valence-corrected chi connectivity index (χ4v) is 3.63. The van der Waals surface area contributed by atoms with Crippen LogP contribution in [-0.2, 0) is 7.05 Å². The molecule has 1 atom stereocenters. The zero-order valence-electron chi connectivity index (χ0n) is 11.6. The van der Waals surface area contributed by atoms with E-state index in [1.807, 2.05) is 4.90 Å². The Hall–Kier alpha value is -0.710. The number of piperazine rings is 1. The van der Waals surface area contributed by atoms with E-state index in [9.17, 15) is 4.79 Å². The van der Waals surface area contributed by atoms with Crippen molar-refractivity contribution >= 4 is 29.1 Å². The highest BCUT2D eigenvalue weighted by Gasteiger charge is 2.32. The zero-order chi connectivity index (χ0) is 14.3. The molecule has 20 heavy (non-hydrogen) atoms. The maximum atomic E-state index is 12.6. The molecule has 4 nitrogen and oxygen atoms in total. The third-order valence-corrected chi connectivity index (χ3v) is 5.30. The molecule has 2 aliphatic heterocycles. The molecule has 1 aromatic heterocycles. The van der Waals surface area contributed by atoms with E-state index < -0.39 is 0 Å². The van der Waals surface area contributed by atoms with Crippen LogP contribution in [0.15, 0.2) is 6.07 Å². The van der Waals surface area contributed by atoms with Crippen LogP contribution < -0.4 is 0 Å². The van der Waals surface area contributed by atoms with Crippen LogP contribution in [0.1, 0.15) is 29.8 Å². The molecule has 0 aliphatic carbocycles. The van der Waals surface area contributed by atoms with Crippen molar-refractivity contribution in [1.82, 2.24) is 14.4 Å². The minimum absolute atomic E-state index is 0.0338. The van der Waals surface area contributed by atoms with Crippen molar-refractivity contribution < 1.29 is 4.79 Å². The van der Waals surface area contributed by atoms with Crippen molar-refractivity contribution in [3.8, 4) is 0 Å². The van der Waals surface area contributed by atoms with Gasteiger partial charge in [0.1, 0.15) is 10.8 Å². The number of nitrogens with zero attached hydrogens (tertiary/aromatic N) is 3. The largest absolute Gasteiger partial charge is 0.335 e. The van der Waals surface area contributed by atoms with Gasteiger partial charge in [0.15, 0.2) is 0 Å². The molecule has 110 valence electrons. The second kappa shape index (κ2) is 5.58. The number of carbonyl (C=O) groups excluding carboxylic acids is 1. The smallest absolute Gasteiger partial charge is 0.270 e. The SMILES string of the molecule is Cn1c(C(=O)N2CCN3CCCCC3C2)cc(Cl)c1Cl. The lowest BCUT2D eigenvalue weighted by atomic mass is 9.99. The Morgan fingerprint density at radius 2 is 2.05 bits per heavy atom. The van der Waals surface area contributed by atoms with E-state index >= 15 is 0 Å². The van der Waals surface area contributed by atoms with Crippen LogP contribution in [0.3, 0.4) is 0 Å². The number of rotatable bonds is 1.